The number of aromatic nitrogens is 6. The molecule has 0 radical (unpaired) electrons. The number of benzene rings is 3. The highest BCUT2D eigenvalue weighted by atomic mass is 35.5. The zero-order valence-electron chi connectivity index (χ0n) is 75.4. The fourth-order valence-corrected chi connectivity index (χ4v) is 36.1. The van der Waals surface area contributed by atoms with Gasteiger partial charge in [0.05, 0.1) is 71.7 Å². The van der Waals surface area contributed by atoms with Gasteiger partial charge in [0.25, 0.3) is 11.2 Å². The van der Waals surface area contributed by atoms with Gasteiger partial charge >= 0.3 is 31.5 Å². The lowest BCUT2D eigenvalue weighted by atomic mass is 10.2. The quantitative estimate of drug-likeness (QED) is 0.00426. The minimum absolute atomic E-state index is 0. The van der Waals surface area contributed by atoms with Crippen molar-refractivity contribution in [2.75, 3.05) is 124 Å². The molecule has 0 saturated heterocycles. The molecule has 1 amide bonds. The molecule has 0 aliphatic rings. The number of carbonyl (C=O) groups excluding carboxylic acids is 4. The molecule has 134 heavy (non-hydrogen) atoms. The highest BCUT2D eigenvalue weighted by Crippen LogP contribution is 2.68. The molecule has 0 fully saturated rings. The molecular formula is C72H108Cl3N8O26P9S16. The Hall–Kier alpha value is -1.19. The van der Waals surface area contributed by atoms with Crippen LogP contribution in [-0.4, -0.2) is 183 Å². The monoisotopic (exact) mass is 2400 g/mol. The molecule has 6 aromatic rings. The summed E-state index contributed by atoms with van der Waals surface area (Å²) >= 11 is 73.5. The van der Waals surface area contributed by atoms with Crippen molar-refractivity contribution in [3.05, 3.63) is 131 Å². The lowest BCUT2D eigenvalue weighted by Gasteiger charge is -2.21. The van der Waals surface area contributed by atoms with E-state index in [9.17, 15) is 34.1 Å². The summed E-state index contributed by atoms with van der Waals surface area (Å²) in [6.45, 7) is 17.1. The van der Waals surface area contributed by atoms with Gasteiger partial charge in [-0.15, -0.1) is 16.9 Å². The van der Waals surface area contributed by atoms with E-state index < -0.39 is 59.6 Å². The molecule has 62 heteroatoms. The van der Waals surface area contributed by atoms with Gasteiger partial charge in [-0.3, -0.25) is 47.7 Å². The number of rotatable bonds is 50. The van der Waals surface area contributed by atoms with Gasteiger partial charge in [-0.2, -0.15) is 26.4 Å². The van der Waals surface area contributed by atoms with Gasteiger partial charge in [-0.05, 0) is 211 Å². The summed E-state index contributed by atoms with van der Waals surface area (Å²) < 4.78 is 100.0. The maximum Gasteiger partial charge on any atom is 0.444 e. The molecule has 0 bridgehead atoms. The van der Waals surface area contributed by atoms with E-state index in [0.717, 1.165) is 50.6 Å². The number of halogens is 3. The Morgan fingerprint density at radius 2 is 1.10 bits per heavy atom. The van der Waals surface area contributed by atoms with Gasteiger partial charge in [0.1, 0.15) is 46.2 Å². The number of nitro groups is 1. The van der Waals surface area contributed by atoms with Crippen molar-refractivity contribution >= 4 is 317 Å². The van der Waals surface area contributed by atoms with E-state index in [1.54, 1.807) is 68.2 Å². The van der Waals surface area contributed by atoms with Crippen LogP contribution in [0.3, 0.4) is 0 Å². The zero-order chi connectivity index (χ0) is 102. The van der Waals surface area contributed by atoms with E-state index in [2.05, 4.69) is 49.7 Å². The van der Waals surface area contributed by atoms with Gasteiger partial charge in [0.2, 0.25) is 35.3 Å². The number of carbonyl (C=O) groups is 4. The largest absolute Gasteiger partial charge is 0.453 e. The number of aryl methyl sites for hydroxylation is 3. The lowest BCUT2D eigenvalue weighted by molar-refractivity contribution is -0.385. The SMILES string of the molecule is C.C#COP(=S)(OC)Oc1nc(Cl)c(Cl)cc1Cl.C#COP(=S)(OCC)SCCSCC.C#COP(=S)(OCC)SCSP(=S)(OCC)OCC.CCOP(=S)(OCC)Oc1cc(C)nc(C(C)C)n1.CNC(=O)CSP(=S)(OC)OC.COP(=S)(C=O)SCn1nnc2ccccc2c1=O.COP(=S)(OC)Oc1ccc([N+](=O)[O-])c(C)c1.CSc1ccc(OP(=S)(C=O)C=O)cc1C. The summed E-state index contributed by atoms with van der Waals surface area (Å²) in [6, 6.07) is 21.2. The summed E-state index contributed by atoms with van der Waals surface area (Å²) in [5.74, 6) is 5.61. The molecular weight excluding hydrogens is 2290 g/mol. The van der Waals surface area contributed by atoms with Crippen LogP contribution in [0.25, 0.3) is 10.9 Å². The molecule has 34 nitrogen and oxygen atoms in total. The number of nitro benzene ring substituents is 1. The Balaban J connectivity index is -0.00000147. The van der Waals surface area contributed by atoms with Crippen LogP contribution in [0.1, 0.15) is 98.3 Å². The maximum absolute atomic E-state index is 12.1. The fraction of sp³-hybridized carbons (Fsp3) is 0.472. The first-order valence-electron chi connectivity index (χ1n) is 37.4. The van der Waals surface area contributed by atoms with Crippen LogP contribution in [0.15, 0.2) is 82.5 Å². The van der Waals surface area contributed by atoms with E-state index in [-0.39, 0.29) is 63.2 Å². The maximum atomic E-state index is 12.1. The van der Waals surface area contributed by atoms with Crippen LogP contribution in [0.4, 0.5) is 5.69 Å². The Kier molecular flexibility index (Phi) is 75.4. The van der Waals surface area contributed by atoms with Gasteiger partial charge in [-0.1, -0.05) is 145 Å². The molecule has 4 atom stereocenters. The van der Waals surface area contributed by atoms with Gasteiger partial charge in [0, 0.05) is 131 Å². The number of thioether (sulfide) groups is 2. The Labute approximate surface area is 875 Å². The second-order valence-electron chi connectivity index (χ2n) is 23.0. The van der Waals surface area contributed by atoms with Crippen LogP contribution < -0.4 is 29.0 Å². The van der Waals surface area contributed by atoms with E-state index in [1.165, 1.54) is 117 Å². The average molecular weight is 2400 g/mol. The van der Waals surface area contributed by atoms with Crippen LogP contribution in [-0.2, 0) is 199 Å². The summed E-state index contributed by atoms with van der Waals surface area (Å²) in [5.41, 5.74) is -9.24. The molecule has 3 heterocycles. The molecule has 4 unspecified atom stereocenters. The first-order valence-corrected chi connectivity index (χ1v) is 72.7. The summed E-state index contributed by atoms with van der Waals surface area (Å²) in [6.07, 6.45) is 20.3. The third-order valence-corrected chi connectivity index (χ3v) is 53.0. The molecule has 0 saturated carbocycles. The minimum atomic E-state index is -3.14. The standard InChI is InChI=1S/C12H21N2O3PS.C10H10N3O3PS2.C10H11O3PS2.C9H12NO5PS.C9H18O4P2S4.C8H5Cl3NO3PS.C8H15O2PS3.C5H12NO3PS2.CH4/c1-6-15-18(19,16-7-2)17-11-8-10(5)13-12(14-11)9(3)4;1-16-17(18,7-14)19-6-13-10(15)8-4-2-3-5-9(8)11-12-13;1-8-5-9(3-4-10(8)16-2)13-14(15,6-11)7-12;1-7-6-8(4-5-9(7)10(11)12)15-16(17,13-2)14-3;1-5-10-14(16,11-6-2)18-9-19-15(17,12-7-3)13-8-4;1-3-14-16(17,13-2)15-8-6(10)4-5(9)7(11)12-8;1-4-9-11(12,10-5-2)14-8-7-13-6-3;1-6-5(7)4-12-10(11,8-2)9-3;/h8-9H,6-7H2,1-5H3;2-5,7H,6H2,1H3;3-7H,1-2H3;4-6H,1-3H3;1H,6-9H2,2-4H3;1,4H,2H3;1H,5-8H2,2-3H3;4H2,1-3H3,(H,6,7);1H4. The first-order chi connectivity index (χ1) is 62.6. The van der Waals surface area contributed by atoms with Crippen molar-refractivity contribution in [3.63, 3.8) is 0 Å². The van der Waals surface area contributed by atoms with Gasteiger partial charge in [0.15, 0.2) is 28.7 Å². The first kappa shape index (κ1) is 137. The lowest BCUT2D eigenvalue weighted by Crippen LogP contribution is -2.23. The number of nitrogens with one attached hydrogen (secondary N) is 1. The van der Waals surface area contributed by atoms with Crippen molar-refractivity contribution in [2.45, 2.75) is 107 Å². The average Bonchev–Trinajstić information content (AvgIpc) is 0.777. The highest BCUT2D eigenvalue weighted by molar-refractivity contribution is 8.76. The Morgan fingerprint density at radius 3 is 1.56 bits per heavy atom. The minimum Gasteiger partial charge on any atom is -0.453 e. The predicted octanol–water partition coefficient (Wildman–Crippen LogP) is 24.3. The number of hydrogen-bond donors (Lipinski definition) is 1. The van der Waals surface area contributed by atoms with E-state index in [4.69, 9.17) is 246 Å². The highest BCUT2D eigenvalue weighted by Gasteiger charge is 2.29. The second kappa shape index (κ2) is 73.8. The molecule has 754 valence electrons. The van der Waals surface area contributed by atoms with Crippen LogP contribution in [0.2, 0.25) is 15.2 Å². The fourth-order valence-electron chi connectivity index (χ4n) is 7.77. The normalized spacial score (nSPS) is 12.7. The van der Waals surface area contributed by atoms with E-state index in [0.29, 0.717) is 96.7 Å². The number of terminal acetylenes is 3. The van der Waals surface area contributed by atoms with Crippen molar-refractivity contribution in [1.82, 2.24) is 35.3 Å². The summed E-state index contributed by atoms with van der Waals surface area (Å²) in [5, 5.41) is 22.2. The second-order valence-corrected chi connectivity index (χ2v) is 71.7. The van der Waals surface area contributed by atoms with Crippen LogP contribution >= 0.6 is 170 Å². The molecule has 1 N–H and O–H groups in total. The predicted molar refractivity (Wildman–Crippen MR) is 594 cm³/mol. The number of hydrogen-bond acceptors (Lipinski definition) is 47. The third kappa shape index (κ3) is 55.8. The number of nitrogens with zero attached hydrogens (tertiary/aromatic N) is 7. The van der Waals surface area contributed by atoms with Crippen LogP contribution in [0, 0.1) is 68.5 Å². The summed E-state index contributed by atoms with van der Waals surface area (Å²) in [7, 11) is 10.0. The van der Waals surface area contributed by atoms with Gasteiger partial charge < -0.3 is 77.7 Å². The Bertz CT molecular complexity index is 5300. The smallest absolute Gasteiger partial charge is 0.444 e. The number of amides is 1. The Morgan fingerprint density at radius 1 is 0.582 bits per heavy atom. The topological polar surface area (TPSA) is 385 Å². The van der Waals surface area contributed by atoms with Crippen molar-refractivity contribution < 1.29 is 110 Å². The van der Waals surface area contributed by atoms with E-state index >= 15 is 0 Å². The molecule has 6 rings (SSSR count). The van der Waals surface area contributed by atoms with E-state index in [1.807, 2.05) is 99.4 Å². The van der Waals surface area contributed by atoms with Crippen molar-refractivity contribution in [3.8, 4) is 60.8 Å². The molecule has 0 aliphatic carbocycles. The van der Waals surface area contributed by atoms with Crippen LogP contribution in [0.5, 0.6) is 23.3 Å². The number of fused-ring (bicyclic) bond motifs is 1. The van der Waals surface area contributed by atoms with Crippen molar-refractivity contribution in [1.29, 1.82) is 0 Å². The third-order valence-electron chi connectivity index (χ3n) is 13.6. The van der Waals surface area contributed by atoms with Crippen molar-refractivity contribution in [2.24, 2.45) is 0 Å². The van der Waals surface area contributed by atoms with Gasteiger partial charge in [-0.25, -0.2) is 4.98 Å². The summed E-state index contributed by atoms with van der Waals surface area (Å²) in [4.78, 5) is 78.9. The zero-order valence-corrected chi connectivity index (χ0v) is 98.8. The molecule has 3 aromatic carbocycles. The molecule has 3 aromatic heterocycles. The number of pyridine rings is 1. The molecule has 0 spiro atoms. The molecule has 0 aliphatic heterocycles.